The number of hydrogen-bond donors (Lipinski definition) is 1. The van der Waals surface area contributed by atoms with Crippen LogP contribution in [0.3, 0.4) is 0 Å². The van der Waals surface area contributed by atoms with E-state index in [1.165, 1.54) is 6.07 Å². The minimum atomic E-state index is -0.304. The van der Waals surface area contributed by atoms with Gasteiger partial charge in [0, 0.05) is 21.8 Å². The summed E-state index contributed by atoms with van der Waals surface area (Å²) in [5.41, 5.74) is 3.52. The summed E-state index contributed by atoms with van der Waals surface area (Å²) < 4.78 is 5.57. The van der Waals surface area contributed by atoms with Gasteiger partial charge in [-0.3, -0.25) is 4.79 Å². The second kappa shape index (κ2) is 7.89. The van der Waals surface area contributed by atoms with Gasteiger partial charge < -0.3 is 9.73 Å². The minimum Gasteiger partial charge on any atom is -0.444 e. The molecule has 0 bridgehead atoms. The van der Waals surface area contributed by atoms with Crippen LogP contribution in [-0.4, -0.2) is 10.9 Å². The summed E-state index contributed by atoms with van der Waals surface area (Å²) in [6.07, 6.45) is 1.61. The van der Waals surface area contributed by atoms with Crippen molar-refractivity contribution in [2.24, 2.45) is 0 Å². The molecule has 0 spiro atoms. The second-order valence-corrected chi connectivity index (χ2v) is 6.90. The molecule has 0 atom stereocenters. The van der Waals surface area contributed by atoms with E-state index >= 15 is 0 Å². The van der Waals surface area contributed by atoms with Gasteiger partial charge in [-0.25, -0.2) is 4.98 Å². The molecule has 28 heavy (non-hydrogen) atoms. The van der Waals surface area contributed by atoms with Gasteiger partial charge in [0.1, 0.15) is 12.0 Å². The van der Waals surface area contributed by atoms with Crippen molar-refractivity contribution >= 4 is 34.8 Å². The fourth-order valence-corrected chi connectivity index (χ4v) is 3.21. The first-order chi connectivity index (χ1) is 13.6. The van der Waals surface area contributed by atoms with Crippen LogP contribution in [0.1, 0.15) is 10.4 Å². The summed E-state index contributed by atoms with van der Waals surface area (Å²) in [5.74, 6) is 0.257. The molecule has 6 heteroatoms. The number of halogens is 2. The van der Waals surface area contributed by atoms with Crippen molar-refractivity contribution in [2.45, 2.75) is 0 Å². The summed E-state index contributed by atoms with van der Waals surface area (Å²) in [6, 6.07) is 21.8. The van der Waals surface area contributed by atoms with E-state index in [1.807, 2.05) is 42.5 Å². The number of anilines is 1. The third-order valence-corrected chi connectivity index (χ3v) is 4.69. The first-order valence-electron chi connectivity index (χ1n) is 8.48. The van der Waals surface area contributed by atoms with Crippen LogP contribution in [0, 0.1) is 0 Å². The van der Waals surface area contributed by atoms with E-state index in [9.17, 15) is 4.79 Å². The van der Waals surface area contributed by atoms with Crippen LogP contribution in [0.5, 0.6) is 0 Å². The standard InChI is InChI=1S/C22H14Cl2N2O2/c23-16-8-11-18(19(24)12-16)21(27)25-17-9-6-14(7-10-17)20-13-28-22(26-20)15-4-2-1-3-5-15/h1-13H,(H,25,27). The topological polar surface area (TPSA) is 55.1 Å². The Morgan fingerprint density at radius 1 is 0.893 bits per heavy atom. The first-order valence-corrected chi connectivity index (χ1v) is 9.23. The molecule has 0 aliphatic rings. The van der Waals surface area contributed by atoms with Crippen LogP contribution in [0.2, 0.25) is 10.0 Å². The van der Waals surface area contributed by atoms with Gasteiger partial charge in [-0.1, -0.05) is 53.5 Å². The van der Waals surface area contributed by atoms with Crippen molar-refractivity contribution in [3.63, 3.8) is 0 Å². The lowest BCUT2D eigenvalue weighted by atomic mass is 10.1. The second-order valence-electron chi connectivity index (χ2n) is 6.06. The van der Waals surface area contributed by atoms with Crippen molar-refractivity contribution in [3.05, 3.63) is 94.7 Å². The molecule has 1 amide bonds. The maximum Gasteiger partial charge on any atom is 0.257 e. The Bertz CT molecular complexity index is 1120. The molecule has 0 radical (unpaired) electrons. The molecule has 0 saturated heterocycles. The lowest BCUT2D eigenvalue weighted by Gasteiger charge is -2.07. The van der Waals surface area contributed by atoms with E-state index in [-0.39, 0.29) is 5.91 Å². The molecule has 1 N–H and O–H groups in total. The average Bonchev–Trinajstić information content (AvgIpc) is 3.19. The van der Waals surface area contributed by atoms with Gasteiger partial charge in [-0.05, 0) is 42.5 Å². The Balaban J connectivity index is 1.50. The lowest BCUT2D eigenvalue weighted by Crippen LogP contribution is -2.12. The zero-order valence-corrected chi connectivity index (χ0v) is 16.0. The van der Waals surface area contributed by atoms with Crippen LogP contribution >= 0.6 is 23.2 Å². The Hall–Kier alpha value is -3.08. The van der Waals surface area contributed by atoms with Crippen molar-refractivity contribution in [1.82, 2.24) is 4.98 Å². The van der Waals surface area contributed by atoms with E-state index in [1.54, 1.807) is 30.5 Å². The molecule has 3 aromatic carbocycles. The molecule has 1 aromatic heterocycles. The van der Waals surface area contributed by atoms with Gasteiger partial charge >= 0.3 is 0 Å². The zero-order valence-electron chi connectivity index (χ0n) is 14.5. The number of carbonyl (C=O) groups is 1. The Morgan fingerprint density at radius 2 is 1.64 bits per heavy atom. The number of oxazole rings is 1. The number of nitrogens with zero attached hydrogens (tertiary/aromatic N) is 1. The van der Waals surface area contributed by atoms with E-state index in [4.69, 9.17) is 27.6 Å². The number of carbonyl (C=O) groups excluding carboxylic acids is 1. The summed E-state index contributed by atoms with van der Waals surface area (Å²) in [6.45, 7) is 0. The molecule has 0 saturated carbocycles. The van der Waals surface area contributed by atoms with Crippen LogP contribution in [0.25, 0.3) is 22.7 Å². The molecule has 4 nitrogen and oxygen atoms in total. The summed E-state index contributed by atoms with van der Waals surface area (Å²) in [5, 5.41) is 3.60. The van der Waals surface area contributed by atoms with Gasteiger partial charge in [-0.2, -0.15) is 0 Å². The zero-order chi connectivity index (χ0) is 19.5. The summed E-state index contributed by atoms with van der Waals surface area (Å²) in [7, 11) is 0. The quantitative estimate of drug-likeness (QED) is 0.415. The molecular weight excluding hydrogens is 395 g/mol. The predicted octanol–water partition coefficient (Wildman–Crippen LogP) is 6.57. The molecule has 138 valence electrons. The van der Waals surface area contributed by atoms with Crippen molar-refractivity contribution in [3.8, 4) is 22.7 Å². The highest BCUT2D eigenvalue weighted by molar-refractivity contribution is 6.37. The Morgan fingerprint density at radius 3 is 2.36 bits per heavy atom. The first kappa shape index (κ1) is 18.3. The number of amides is 1. The third-order valence-electron chi connectivity index (χ3n) is 4.14. The summed E-state index contributed by atoms with van der Waals surface area (Å²) >= 11 is 12.0. The van der Waals surface area contributed by atoms with Crippen LogP contribution in [0.15, 0.2) is 83.5 Å². The predicted molar refractivity (Wildman–Crippen MR) is 112 cm³/mol. The van der Waals surface area contributed by atoms with E-state index < -0.39 is 0 Å². The third kappa shape index (κ3) is 3.93. The molecular formula is C22H14Cl2N2O2. The molecule has 0 aliphatic heterocycles. The summed E-state index contributed by atoms with van der Waals surface area (Å²) in [4.78, 5) is 16.9. The van der Waals surface area contributed by atoms with E-state index in [0.29, 0.717) is 27.2 Å². The SMILES string of the molecule is O=C(Nc1ccc(-c2coc(-c3ccccc3)n2)cc1)c1ccc(Cl)cc1Cl. The molecule has 4 rings (SSSR count). The monoisotopic (exact) mass is 408 g/mol. The average molecular weight is 409 g/mol. The van der Waals surface area contributed by atoms with Crippen LogP contribution in [-0.2, 0) is 0 Å². The highest BCUT2D eigenvalue weighted by Gasteiger charge is 2.12. The Kier molecular flexibility index (Phi) is 5.15. The molecule has 0 aliphatic carbocycles. The van der Waals surface area contributed by atoms with Gasteiger partial charge in [0.25, 0.3) is 5.91 Å². The lowest BCUT2D eigenvalue weighted by molar-refractivity contribution is 0.102. The molecule has 4 aromatic rings. The van der Waals surface area contributed by atoms with Crippen LogP contribution in [0.4, 0.5) is 5.69 Å². The molecule has 0 unspecified atom stereocenters. The van der Waals surface area contributed by atoms with E-state index in [0.717, 1.165) is 16.8 Å². The van der Waals surface area contributed by atoms with Gasteiger partial charge in [0.15, 0.2) is 0 Å². The highest BCUT2D eigenvalue weighted by Crippen LogP contribution is 2.26. The maximum absolute atomic E-state index is 12.4. The largest absolute Gasteiger partial charge is 0.444 e. The molecule has 0 fully saturated rings. The van der Waals surface area contributed by atoms with Crippen molar-refractivity contribution < 1.29 is 9.21 Å². The number of rotatable bonds is 4. The highest BCUT2D eigenvalue weighted by atomic mass is 35.5. The van der Waals surface area contributed by atoms with Crippen molar-refractivity contribution in [1.29, 1.82) is 0 Å². The maximum atomic E-state index is 12.4. The number of nitrogens with one attached hydrogen (secondary N) is 1. The number of hydrogen-bond acceptors (Lipinski definition) is 3. The Labute approximate surface area is 171 Å². The molecule has 1 heterocycles. The fourth-order valence-electron chi connectivity index (χ4n) is 2.72. The minimum absolute atomic E-state index is 0.303. The van der Waals surface area contributed by atoms with Crippen molar-refractivity contribution in [2.75, 3.05) is 5.32 Å². The van der Waals surface area contributed by atoms with Crippen LogP contribution < -0.4 is 5.32 Å². The van der Waals surface area contributed by atoms with Gasteiger partial charge in [0.05, 0.1) is 10.6 Å². The van der Waals surface area contributed by atoms with Gasteiger partial charge in [-0.15, -0.1) is 0 Å². The van der Waals surface area contributed by atoms with E-state index in [2.05, 4.69) is 10.3 Å². The number of aromatic nitrogens is 1. The fraction of sp³-hybridized carbons (Fsp3) is 0. The van der Waals surface area contributed by atoms with Gasteiger partial charge in [0.2, 0.25) is 5.89 Å². The normalized spacial score (nSPS) is 10.6. The smallest absolute Gasteiger partial charge is 0.257 e. The number of benzene rings is 3.